The SMILES string of the molecule is COC(=O)C=Cc1cc(C)ccc1C(=O)O. The molecule has 0 aliphatic rings. The van der Waals surface area contributed by atoms with Crippen molar-refractivity contribution in [3.63, 3.8) is 0 Å². The zero-order chi connectivity index (χ0) is 12.1. The van der Waals surface area contributed by atoms with Gasteiger partial charge in [0.1, 0.15) is 0 Å². The van der Waals surface area contributed by atoms with Crippen LogP contribution in [0.1, 0.15) is 21.5 Å². The third kappa shape index (κ3) is 2.95. The number of carboxylic acids is 1. The van der Waals surface area contributed by atoms with E-state index in [4.69, 9.17) is 5.11 Å². The molecule has 0 unspecified atom stereocenters. The maximum absolute atomic E-state index is 10.9. The molecule has 0 saturated carbocycles. The summed E-state index contributed by atoms with van der Waals surface area (Å²) in [6.07, 6.45) is 2.63. The van der Waals surface area contributed by atoms with Gasteiger partial charge in [0, 0.05) is 6.08 Å². The third-order valence-corrected chi connectivity index (χ3v) is 2.04. The lowest BCUT2D eigenvalue weighted by molar-refractivity contribution is -0.134. The Morgan fingerprint density at radius 3 is 2.62 bits per heavy atom. The molecule has 0 heterocycles. The Morgan fingerprint density at radius 2 is 2.06 bits per heavy atom. The summed E-state index contributed by atoms with van der Waals surface area (Å²) in [5.74, 6) is -1.54. The van der Waals surface area contributed by atoms with Crippen LogP contribution in [0.3, 0.4) is 0 Å². The fraction of sp³-hybridized carbons (Fsp3) is 0.167. The molecule has 0 amide bonds. The van der Waals surface area contributed by atoms with E-state index in [-0.39, 0.29) is 5.56 Å². The van der Waals surface area contributed by atoms with Crippen LogP contribution < -0.4 is 0 Å². The Morgan fingerprint density at radius 1 is 1.38 bits per heavy atom. The molecular formula is C12H12O4. The molecule has 1 aromatic carbocycles. The summed E-state index contributed by atoms with van der Waals surface area (Å²) in [6.45, 7) is 1.85. The molecule has 0 atom stereocenters. The maximum atomic E-state index is 10.9. The number of carbonyl (C=O) groups excluding carboxylic acids is 1. The van der Waals surface area contributed by atoms with E-state index in [1.165, 1.54) is 25.3 Å². The predicted molar refractivity (Wildman–Crippen MR) is 59.2 cm³/mol. The van der Waals surface area contributed by atoms with Crippen LogP contribution in [0, 0.1) is 6.92 Å². The van der Waals surface area contributed by atoms with E-state index >= 15 is 0 Å². The normalized spacial score (nSPS) is 10.4. The molecule has 1 N–H and O–H groups in total. The quantitative estimate of drug-likeness (QED) is 0.624. The standard InChI is InChI=1S/C12H12O4/c1-8-3-5-10(12(14)15)9(7-8)4-6-11(13)16-2/h3-7H,1-2H3,(H,14,15). The van der Waals surface area contributed by atoms with Gasteiger partial charge in [-0.3, -0.25) is 0 Å². The lowest BCUT2D eigenvalue weighted by Crippen LogP contribution is -2.00. The molecular weight excluding hydrogens is 208 g/mol. The molecule has 0 bridgehead atoms. The first-order chi connectivity index (χ1) is 7.54. The van der Waals surface area contributed by atoms with Crippen LogP contribution in [-0.2, 0) is 9.53 Å². The van der Waals surface area contributed by atoms with Crippen LogP contribution in [0.2, 0.25) is 0 Å². The van der Waals surface area contributed by atoms with E-state index in [1.807, 2.05) is 6.92 Å². The van der Waals surface area contributed by atoms with Crippen molar-refractivity contribution in [2.45, 2.75) is 6.92 Å². The summed E-state index contributed by atoms with van der Waals surface area (Å²) in [5, 5.41) is 8.93. The summed E-state index contributed by atoms with van der Waals surface area (Å²) in [5.41, 5.74) is 1.57. The molecule has 0 saturated heterocycles. The fourth-order valence-electron chi connectivity index (χ4n) is 1.24. The molecule has 0 fully saturated rings. The van der Waals surface area contributed by atoms with Gasteiger partial charge in [0.25, 0.3) is 0 Å². The fourth-order valence-corrected chi connectivity index (χ4v) is 1.24. The average Bonchev–Trinajstić information content (AvgIpc) is 2.25. The van der Waals surface area contributed by atoms with Gasteiger partial charge in [-0.2, -0.15) is 0 Å². The smallest absolute Gasteiger partial charge is 0.336 e. The number of hydrogen-bond donors (Lipinski definition) is 1. The van der Waals surface area contributed by atoms with Crippen molar-refractivity contribution in [2.75, 3.05) is 7.11 Å². The van der Waals surface area contributed by atoms with Crippen molar-refractivity contribution in [1.82, 2.24) is 0 Å². The Labute approximate surface area is 93.2 Å². The van der Waals surface area contributed by atoms with Crippen molar-refractivity contribution in [1.29, 1.82) is 0 Å². The minimum atomic E-state index is -1.02. The van der Waals surface area contributed by atoms with Gasteiger partial charge in [-0.15, -0.1) is 0 Å². The molecule has 16 heavy (non-hydrogen) atoms. The van der Waals surface area contributed by atoms with E-state index in [2.05, 4.69) is 4.74 Å². The van der Waals surface area contributed by atoms with Gasteiger partial charge in [0.2, 0.25) is 0 Å². The molecule has 0 aromatic heterocycles. The van der Waals surface area contributed by atoms with Crippen LogP contribution in [0.4, 0.5) is 0 Å². The van der Waals surface area contributed by atoms with E-state index in [0.29, 0.717) is 5.56 Å². The molecule has 1 aromatic rings. The highest BCUT2D eigenvalue weighted by Gasteiger charge is 2.07. The van der Waals surface area contributed by atoms with Crippen LogP contribution in [0.25, 0.3) is 6.08 Å². The van der Waals surface area contributed by atoms with Crippen molar-refractivity contribution >= 4 is 18.0 Å². The van der Waals surface area contributed by atoms with Crippen molar-refractivity contribution in [3.8, 4) is 0 Å². The second kappa shape index (κ2) is 5.11. The topological polar surface area (TPSA) is 63.6 Å². The number of methoxy groups -OCH3 is 1. The van der Waals surface area contributed by atoms with Crippen LogP contribution in [0.5, 0.6) is 0 Å². The van der Waals surface area contributed by atoms with E-state index in [1.54, 1.807) is 12.1 Å². The molecule has 4 nitrogen and oxygen atoms in total. The summed E-state index contributed by atoms with van der Waals surface area (Å²) >= 11 is 0. The zero-order valence-corrected chi connectivity index (χ0v) is 9.06. The van der Waals surface area contributed by atoms with Gasteiger partial charge >= 0.3 is 11.9 Å². The Bertz CT molecular complexity index is 446. The van der Waals surface area contributed by atoms with Gasteiger partial charge in [0.15, 0.2) is 0 Å². The van der Waals surface area contributed by atoms with E-state index in [0.717, 1.165) is 5.56 Å². The van der Waals surface area contributed by atoms with E-state index < -0.39 is 11.9 Å². The number of ether oxygens (including phenoxy) is 1. The van der Waals surface area contributed by atoms with Crippen LogP contribution in [-0.4, -0.2) is 24.2 Å². The molecule has 0 aliphatic carbocycles. The number of esters is 1. The van der Waals surface area contributed by atoms with Gasteiger partial charge in [0.05, 0.1) is 12.7 Å². The first-order valence-electron chi connectivity index (χ1n) is 4.64. The number of aromatic carboxylic acids is 1. The summed E-state index contributed by atoms with van der Waals surface area (Å²) in [4.78, 5) is 21.8. The summed E-state index contributed by atoms with van der Waals surface area (Å²) < 4.78 is 4.43. The number of carbonyl (C=O) groups is 2. The van der Waals surface area contributed by atoms with Crippen molar-refractivity contribution < 1.29 is 19.4 Å². The number of benzene rings is 1. The summed E-state index contributed by atoms with van der Waals surface area (Å²) in [7, 11) is 1.26. The molecule has 0 spiro atoms. The second-order valence-electron chi connectivity index (χ2n) is 3.25. The Balaban J connectivity index is 3.10. The highest BCUT2D eigenvalue weighted by molar-refractivity contribution is 5.94. The highest BCUT2D eigenvalue weighted by atomic mass is 16.5. The average molecular weight is 220 g/mol. The van der Waals surface area contributed by atoms with Gasteiger partial charge in [-0.05, 0) is 24.6 Å². The first-order valence-corrected chi connectivity index (χ1v) is 4.64. The van der Waals surface area contributed by atoms with Gasteiger partial charge in [-0.1, -0.05) is 17.7 Å². The van der Waals surface area contributed by atoms with Crippen molar-refractivity contribution in [2.24, 2.45) is 0 Å². The number of carboxylic acid groups (broad SMARTS) is 1. The largest absolute Gasteiger partial charge is 0.478 e. The lowest BCUT2D eigenvalue weighted by atomic mass is 10.0. The number of rotatable bonds is 3. The minimum absolute atomic E-state index is 0.158. The van der Waals surface area contributed by atoms with Crippen LogP contribution >= 0.6 is 0 Å². The zero-order valence-electron chi connectivity index (χ0n) is 9.06. The second-order valence-corrected chi connectivity index (χ2v) is 3.25. The van der Waals surface area contributed by atoms with E-state index in [9.17, 15) is 9.59 Å². The predicted octanol–water partition coefficient (Wildman–Crippen LogP) is 1.88. The third-order valence-electron chi connectivity index (χ3n) is 2.04. The monoisotopic (exact) mass is 220 g/mol. The Hall–Kier alpha value is -2.10. The highest BCUT2D eigenvalue weighted by Crippen LogP contribution is 2.13. The number of hydrogen-bond acceptors (Lipinski definition) is 3. The Kier molecular flexibility index (Phi) is 3.83. The maximum Gasteiger partial charge on any atom is 0.336 e. The van der Waals surface area contributed by atoms with Crippen molar-refractivity contribution in [3.05, 3.63) is 41.0 Å². The molecule has 0 radical (unpaired) electrons. The van der Waals surface area contributed by atoms with Gasteiger partial charge < -0.3 is 9.84 Å². The molecule has 1 rings (SSSR count). The lowest BCUT2D eigenvalue weighted by Gasteiger charge is -2.02. The van der Waals surface area contributed by atoms with Gasteiger partial charge in [-0.25, -0.2) is 9.59 Å². The molecule has 0 aliphatic heterocycles. The molecule has 4 heteroatoms. The minimum Gasteiger partial charge on any atom is -0.478 e. The first kappa shape index (κ1) is 12.0. The van der Waals surface area contributed by atoms with Crippen LogP contribution in [0.15, 0.2) is 24.3 Å². The number of aryl methyl sites for hydroxylation is 1. The summed E-state index contributed by atoms with van der Waals surface area (Å²) in [6, 6.07) is 4.91. The molecule has 84 valence electrons.